The van der Waals surface area contributed by atoms with Gasteiger partial charge in [0, 0.05) is 91.1 Å². The second-order valence-electron chi connectivity index (χ2n) is 13.4. The van der Waals surface area contributed by atoms with Crippen LogP contribution in [-0.4, -0.2) is 66.4 Å². The summed E-state index contributed by atoms with van der Waals surface area (Å²) >= 11 is 7.16. The Hall–Kier alpha value is -4.74. The molecule has 1 atom stereocenters. The number of carbonyl (C=O) groups is 2. The Bertz CT molecular complexity index is 2000. The lowest BCUT2D eigenvalue weighted by atomic mass is 9.92. The van der Waals surface area contributed by atoms with Crippen LogP contribution in [0.4, 0.5) is 4.39 Å². The molecule has 0 fully saturated rings. The third-order valence-electron chi connectivity index (χ3n) is 9.35. The minimum atomic E-state index is -0.353. The third-order valence-corrected chi connectivity index (χ3v) is 9.75. The van der Waals surface area contributed by atoms with E-state index < -0.39 is 0 Å². The topological polar surface area (TPSA) is 118 Å². The van der Waals surface area contributed by atoms with Crippen LogP contribution in [0.15, 0.2) is 90.2 Å². The number of hydrogen-bond acceptors (Lipinski definition) is 7. The second-order valence-corrected chi connectivity index (χ2v) is 13.8. The van der Waals surface area contributed by atoms with Gasteiger partial charge in [-0.05, 0) is 82.6 Å². The number of hydrogen-bond donors (Lipinski definition) is 3. The average Bonchev–Trinajstić information content (AvgIpc) is 3.16. The molecule has 9 nitrogen and oxygen atoms in total. The summed E-state index contributed by atoms with van der Waals surface area (Å²) in [5.41, 5.74) is 13.3. The molecule has 0 bridgehead atoms. The number of nitrogens with one attached hydrogen (secondary N) is 2. The minimum absolute atomic E-state index is 0.285. The van der Waals surface area contributed by atoms with Crippen molar-refractivity contribution in [1.29, 1.82) is 0 Å². The zero-order valence-electron chi connectivity index (χ0n) is 33.4. The molecule has 2 aromatic carbocycles. The van der Waals surface area contributed by atoms with Gasteiger partial charge in [0.1, 0.15) is 17.6 Å². The maximum absolute atomic E-state index is 15.7. The Balaban J connectivity index is 0.00000399. The number of pyridine rings is 2. The Kier molecular flexibility index (Phi) is 18.3. The van der Waals surface area contributed by atoms with E-state index in [1.807, 2.05) is 100 Å². The summed E-state index contributed by atoms with van der Waals surface area (Å²) < 4.78 is 17.5. The van der Waals surface area contributed by atoms with Crippen LogP contribution in [-0.2, 0) is 23.2 Å². The summed E-state index contributed by atoms with van der Waals surface area (Å²) in [6, 6.07) is 17.5. The molecule has 0 saturated carbocycles. The number of benzene rings is 2. The van der Waals surface area contributed by atoms with Crippen LogP contribution in [0.5, 0.6) is 0 Å². The Morgan fingerprint density at radius 1 is 1.07 bits per heavy atom. The van der Waals surface area contributed by atoms with E-state index in [1.165, 1.54) is 12.3 Å². The normalized spacial score (nSPS) is 12.3. The minimum Gasteiger partial charge on any atom is -0.370 e. The fraction of sp³-hybridized carbons (Fsp3) is 0.364. The number of rotatable bonds is 19. The van der Waals surface area contributed by atoms with E-state index in [4.69, 9.17) is 22.3 Å². The molecule has 0 radical (unpaired) electrons. The van der Waals surface area contributed by atoms with Crippen molar-refractivity contribution < 1.29 is 14.0 Å². The number of amides is 1. The Morgan fingerprint density at radius 3 is 2.42 bits per heavy atom. The van der Waals surface area contributed by atoms with Crippen molar-refractivity contribution in [2.75, 3.05) is 33.7 Å². The van der Waals surface area contributed by atoms with E-state index in [-0.39, 0.29) is 18.1 Å². The summed E-state index contributed by atoms with van der Waals surface area (Å²) in [7, 11) is 5.98. The van der Waals surface area contributed by atoms with Crippen molar-refractivity contribution in [2.24, 2.45) is 17.8 Å². The summed E-state index contributed by atoms with van der Waals surface area (Å²) in [5.74, 6) is -0.643. The maximum Gasteiger partial charge on any atom is 0.217 e. The van der Waals surface area contributed by atoms with Gasteiger partial charge < -0.3 is 25.8 Å². The first-order valence-electron chi connectivity index (χ1n) is 18.8. The first kappa shape index (κ1) is 44.7. The molecule has 2 heterocycles. The van der Waals surface area contributed by atoms with Crippen molar-refractivity contribution in [3.8, 4) is 33.5 Å². The summed E-state index contributed by atoms with van der Waals surface area (Å²) in [6.45, 7) is 13.7. The van der Waals surface area contributed by atoms with Gasteiger partial charge in [-0.2, -0.15) is 0 Å². The highest BCUT2D eigenvalue weighted by atomic mass is 35.5. The number of nitrogens with zero attached hydrogens (tertiary/aromatic N) is 4. The van der Waals surface area contributed by atoms with Gasteiger partial charge in [0.05, 0.1) is 10.7 Å². The fourth-order valence-electron chi connectivity index (χ4n) is 6.14. The van der Waals surface area contributed by atoms with Crippen molar-refractivity contribution in [3.05, 3.63) is 118 Å². The van der Waals surface area contributed by atoms with Gasteiger partial charge in [-0.1, -0.05) is 67.9 Å². The lowest BCUT2D eigenvalue weighted by Crippen LogP contribution is -2.37. The second kappa shape index (κ2) is 22.6. The molecule has 1 amide bonds. The number of allylic oxidation sites excluding steroid dienone is 1. The van der Waals surface area contributed by atoms with E-state index in [0.29, 0.717) is 65.1 Å². The van der Waals surface area contributed by atoms with Gasteiger partial charge in [-0.15, -0.1) is 6.58 Å². The molecule has 294 valence electrons. The fourth-order valence-corrected chi connectivity index (χ4v) is 6.47. The molecule has 4 aromatic rings. The van der Waals surface area contributed by atoms with Crippen molar-refractivity contribution in [3.63, 3.8) is 0 Å². The molecule has 0 aliphatic carbocycles. The largest absolute Gasteiger partial charge is 0.370 e. The molecule has 0 saturated heterocycles. The Morgan fingerprint density at radius 2 is 1.76 bits per heavy atom. The van der Waals surface area contributed by atoms with E-state index in [9.17, 15) is 9.59 Å². The zero-order valence-corrected chi connectivity index (χ0v) is 34.1. The highest BCUT2D eigenvalue weighted by Gasteiger charge is 2.18. The van der Waals surface area contributed by atoms with Crippen LogP contribution in [0.2, 0.25) is 5.02 Å². The quantitative estimate of drug-likeness (QED) is 0.0390. The number of nitrogens with two attached hydrogens (primary N) is 1. The molecule has 4 rings (SSSR count). The number of aromatic nitrogens is 2. The SMILES string of the molecule is C=CCCC(CNCc1c(F)cc(-c2cccc(-c3cccc(-c4ccn(C)c(=N/C=C(\C=O)CNCCCC(N)=O)c4)c3Cl)c2C)nc1C)N(C)C.CC. The smallest absolute Gasteiger partial charge is 0.217 e. The van der Waals surface area contributed by atoms with Gasteiger partial charge in [0.2, 0.25) is 5.91 Å². The first-order valence-corrected chi connectivity index (χ1v) is 19.2. The number of primary amides is 1. The van der Waals surface area contributed by atoms with Crippen molar-refractivity contribution >= 4 is 23.8 Å². The van der Waals surface area contributed by atoms with E-state index in [1.54, 1.807) is 0 Å². The van der Waals surface area contributed by atoms with E-state index in [0.717, 1.165) is 59.1 Å². The lowest BCUT2D eigenvalue weighted by molar-refractivity contribution is -0.118. The third kappa shape index (κ3) is 12.7. The molecule has 11 heteroatoms. The highest BCUT2D eigenvalue weighted by Crippen LogP contribution is 2.39. The summed E-state index contributed by atoms with van der Waals surface area (Å²) in [5, 5.41) is 7.13. The molecule has 0 spiro atoms. The maximum atomic E-state index is 15.7. The van der Waals surface area contributed by atoms with Crippen LogP contribution in [0.3, 0.4) is 0 Å². The van der Waals surface area contributed by atoms with E-state index in [2.05, 4.69) is 41.2 Å². The van der Waals surface area contributed by atoms with Crippen LogP contribution < -0.4 is 21.9 Å². The van der Waals surface area contributed by atoms with Gasteiger partial charge in [-0.25, -0.2) is 9.38 Å². The average molecular weight is 770 g/mol. The predicted octanol–water partition coefficient (Wildman–Crippen LogP) is 7.68. The molecular formula is C44H57ClFN7O2. The molecule has 55 heavy (non-hydrogen) atoms. The summed E-state index contributed by atoms with van der Waals surface area (Å²) in [4.78, 5) is 34.3. The van der Waals surface area contributed by atoms with Crippen LogP contribution in [0, 0.1) is 19.7 Å². The lowest BCUT2D eigenvalue weighted by Gasteiger charge is -2.24. The van der Waals surface area contributed by atoms with Gasteiger partial charge in [0.15, 0.2) is 0 Å². The number of halogens is 2. The van der Waals surface area contributed by atoms with Crippen molar-refractivity contribution in [2.45, 2.75) is 66.0 Å². The molecule has 0 aliphatic rings. The molecule has 1 unspecified atom stereocenters. The van der Waals surface area contributed by atoms with Crippen molar-refractivity contribution in [1.82, 2.24) is 25.1 Å². The number of aldehydes is 1. The first-order chi connectivity index (χ1) is 26.4. The van der Waals surface area contributed by atoms with Gasteiger partial charge >= 0.3 is 0 Å². The van der Waals surface area contributed by atoms with Gasteiger partial charge in [0.25, 0.3) is 0 Å². The van der Waals surface area contributed by atoms with Crippen LogP contribution in [0.1, 0.15) is 56.4 Å². The van der Waals surface area contributed by atoms with Gasteiger partial charge in [-0.3, -0.25) is 14.6 Å². The highest BCUT2D eigenvalue weighted by molar-refractivity contribution is 6.36. The molecule has 4 N–H and O–H groups in total. The zero-order chi connectivity index (χ0) is 40.5. The Labute approximate surface area is 331 Å². The standard InChI is InChI=1S/C42H51ClFN7O2.C2H6/c1-7-8-12-32(50(4)5)25-47-26-37-29(3)49-39(22-38(37)44)34-14-9-13-33(28(34)2)36-16-10-15-35(42(36)43)31-18-20-51(6)41(21-31)48-24-30(27-52)23-46-19-11-17-40(45)53;1-2/h7,9-10,13-16,18,20-22,24,27,32,46-47H,1,8,11-12,17,19,23,25-26H2,2-6H3,(H2,45,53);1-2H3/b30-24-,48-41?;. The van der Waals surface area contributed by atoms with E-state index >= 15 is 4.39 Å². The molecular weight excluding hydrogens is 713 g/mol. The number of carbonyl (C=O) groups excluding carboxylic acids is 2. The molecule has 0 aliphatic heterocycles. The number of likely N-dealkylation sites (N-methyl/N-ethyl adjacent to an activating group) is 1. The monoisotopic (exact) mass is 769 g/mol. The van der Waals surface area contributed by atoms with Crippen LogP contribution in [0.25, 0.3) is 33.5 Å². The number of aryl methyl sites for hydroxylation is 2. The summed E-state index contributed by atoms with van der Waals surface area (Å²) in [6.07, 6.45) is 8.90. The molecule has 2 aromatic heterocycles. The predicted molar refractivity (Wildman–Crippen MR) is 225 cm³/mol. The van der Waals surface area contributed by atoms with Crippen LogP contribution >= 0.6 is 11.6 Å².